The van der Waals surface area contributed by atoms with Gasteiger partial charge in [0.05, 0.1) is 0 Å². The average Bonchev–Trinajstić information content (AvgIpc) is 2.05. The topological polar surface area (TPSA) is 29.5 Å². The van der Waals surface area contributed by atoms with Gasteiger partial charge in [-0.1, -0.05) is 17.7 Å². The molecule has 0 aliphatic carbocycles. The van der Waals surface area contributed by atoms with Crippen molar-refractivity contribution < 1.29 is 9.53 Å². The maximum atomic E-state index is 11.2. The van der Waals surface area contributed by atoms with Crippen LogP contribution in [0, 0.1) is 6.08 Å². The predicted molar refractivity (Wildman–Crippen MR) is 45.8 cm³/mol. The summed E-state index contributed by atoms with van der Waals surface area (Å²) in [6.07, 6.45) is 5.26. The van der Waals surface area contributed by atoms with E-state index in [0.29, 0.717) is 13.1 Å². The third-order valence-electron chi connectivity index (χ3n) is 1.50. The lowest BCUT2D eigenvalue weighted by molar-refractivity contribution is 0.0987. The maximum Gasteiger partial charge on any atom is 0.411 e. The number of halogens is 1. The van der Waals surface area contributed by atoms with Crippen LogP contribution >= 0.6 is 11.6 Å². The summed E-state index contributed by atoms with van der Waals surface area (Å²) in [5, 5.41) is 0. The van der Waals surface area contributed by atoms with Gasteiger partial charge in [-0.05, 0) is 19.4 Å². The van der Waals surface area contributed by atoms with Crippen LogP contribution in [0.2, 0.25) is 0 Å². The largest absolute Gasteiger partial charge is 0.430 e. The summed E-state index contributed by atoms with van der Waals surface area (Å²) in [4.78, 5) is 12.8. The Bertz CT molecular complexity index is 191. The third kappa shape index (κ3) is 2.74. The van der Waals surface area contributed by atoms with Crippen molar-refractivity contribution in [3.05, 3.63) is 12.2 Å². The Labute approximate surface area is 76.9 Å². The van der Waals surface area contributed by atoms with Crippen molar-refractivity contribution in [2.45, 2.75) is 18.9 Å². The number of hydrogen-bond donors (Lipinski definition) is 0. The lowest BCUT2D eigenvalue weighted by Gasteiger charge is -2.22. The number of rotatable bonds is 1. The summed E-state index contributed by atoms with van der Waals surface area (Å²) in [5.74, 6) is 0. The van der Waals surface area contributed by atoms with Gasteiger partial charge in [-0.25, -0.2) is 4.79 Å². The molecule has 1 heterocycles. The molecule has 1 amide bonds. The minimum absolute atomic E-state index is 0.352. The minimum atomic E-state index is -0.563. The zero-order chi connectivity index (χ0) is 8.97. The SMILES string of the molecule is CC(Cl)OC(=O)N1CC=[C]CC1. The third-order valence-corrected chi connectivity index (χ3v) is 1.59. The average molecular weight is 189 g/mol. The van der Waals surface area contributed by atoms with Crippen LogP contribution in [0.25, 0.3) is 0 Å². The van der Waals surface area contributed by atoms with E-state index in [1.807, 2.05) is 6.08 Å². The van der Waals surface area contributed by atoms with Gasteiger partial charge in [-0.2, -0.15) is 0 Å². The normalized spacial score (nSPS) is 19.0. The monoisotopic (exact) mass is 188 g/mol. The Morgan fingerprint density at radius 1 is 1.83 bits per heavy atom. The summed E-state index contributed by atoms with van der Waals surface area (Å²) in [6.45, 7) is 2.85. The van der Waals surface area contributed by atoms with Gasteiger partial charge >= 0.3 is 6.09 Å². The molecule has 3 nitrogen and oxygen atoms in total. The number of alkyl halides is 1. The van der Waals surface area contributed by atoms with E-state index in [0.717, 1.165) is 6.42 Å². The first-order valence-corrected chi connectivity index (χ1v) is 4.28. The fourth-order valence-electron chi connectivity index (χ4n) is 0.947. The van der Waals surface area contributed by atoms with Gasteiger partial charge in [0.15, 0.2) is 5.56 Å². The first kappa shape index (κ1) is 9.39. The summed E-state index contributed by atoms with van der Waals surface area (Å²) < 4.78 is 4.79. The highest BCUT2D eigenvalue weighted by Crippen LogP contribution is 2.05. The van der Waals surface area contributed by atoms with E-state index in [2.05, 4.69) is 6.08 Å². The molecule has 0 N–H and O–H groups in total. The molecule has 12 heavy (non-hydrogen) atoms. The summed E-state index contributed by atoms with van der Waals surface area (Å²) in [5.41, 5.74) is -0.563. The second kappa shape index (κ2) is 4.36. The summed E-state index contributed by atoms with van der Waals surface area (Å²) in [6, 6.07) is 0. The lowest BCUT2D eigenvalue weighted by atomic mass is 10.3. The fraction of sp³-hybridized carbons (Fsp3) is 0.625. The second-order valence-corrected chi connectivity index (χ2v) is 3.15. The molecular weight excluding hydrogens is 178 g/mol. The Kier molecular flexibility index (Phi) is 3.41. The van der Waals surface area contributed by atoms with Crippen molar-refractivity contribution in [3.63, 3.8) is 0 Å². The predicted octanol–water partition coefficient (Wildman–Crippen LogP) is 1.77. The van der Waals surface area contributed by atoms with Crippen LogP contribution in [-0.4, -0.2) is 29.6 Å². The number of carbonyl (C=O) groups excluding carboxylic acids is 1. The smallest absolute Gasteiger partial charge is 0.411 e. The van der Waals surface area contributed by atoms with Gasteiger partial charge in [0.1, 0.15) is 0 Å². The van der Waals surface area contributed by atoms with Crippen LogP contribution in [0.4, 0.5) is 4.79 Å². The number of ether oxygens (including phenoxy) is 1. The van der Waals surface area contributed by atoms with Crippen LogP contribution in [-0.2, 0) is 4.74 Å². The van der Waals surface area contributed by atoms with E-state index in [-0.39, 0.29) is 6.09 Å². The molecule has 1 radical (unpaired) electrons. The quantitative estimate of drug-likeness (QED) is 0.587. The van der Waals surface area contributed by atoms with Gasteiger partial charge in [-0.15, -0.1) is 0 Å². The Morgan fingerprint density at radius 3 is 3.08 bits per heavy atom. The number of amides is 1. The van der Waals surface area contributed by atoms with E-state index in [9.17, 15) is 4.79 Å². The van der Waals surface area contributed by atoms with Crippen molar-refractivity contribution >= 4 is 17.7 Å². The van der Waals surface area contributed by atoms with Crippen molar-refractivity contribution in [3.8, 4) is 0 Å². The summed E-state index contributed by atoms with van der Waals surface area (Å²) >= 11 is 5.50. The molecule has 0 aromatic carbocycles. The summed E-state index contributed by atoms with van der Waals surface area (Å²) in [7, 11) is 0. The van der Waals surface area contributed by atoms with Crippen LogP contribution in [0.1, 0.15) is 13.3 Å². The maximum absolute atomic E-state index is 11.2. The van der Waals surface area contributed by atoms with E-state index in [4.69, 9.17) is 16.3 Å². The molecule has 4 heteroatoms. The lowest BCUT2D eigenvalue weighted by Crippen LogP contribution is -2.35. The molecule has 1 aliphatic heterocycles. The fourth-order valence-corrected chi connectivity index (χ4v) is 1.02. The molecule has 1 atom stereocenters. The molecule has 0 aromatic rings. The number of nitrogens with zero attached hydrogens (tertiary/aromatic N) is 1. The molecule has 1 aliphatic rings. The standard InChI is InChI=1S/C8H11ClNO2/c1-7(9)12-8(11)10-5-3-2-4-6-10/h3,7H,4-6H2,1H3. The number of hydrogen-bond acceptors (Lipinski definition) is 2. The Hall–Kier alpha value is -0.700. The molecular formula is C8H11ClNO2. The van der Waals surface area contributed by atoms with Crippen LogP contribution in [0.15, 0.2) is 6.08 Å². The molecule has 0 aromatic heterocycles. The minimum Gasteiger partial charge on any atom is -0.430 e. The molecule has 1 rings (SSSR count). The van der Waals surface area contributed by atoms with E-state index < -0.39 is 5.56 Å². The second-order valence-electron chi connectivity index (χ2n) is 2.53. The van der Waals surface area contributed by atoms with Crippen LogP contribution in [0.3, 0.4) is 0 Å². The van der Waals surface area contributed by atoms with Gasteiger partial charge in [0, 0.05) is 13.1 Å². The van der Waals surface area contributed by atoms with E-state index in [1.54, 1.807) is 11.8 Å². The highest BCUT2D eigenvalue weighted by Gasteiger charge is 2.16. The van der Waals surface area contributed by atoms with Crippen molar-refractivity contribution in [2.24, 2.45) is 0 Å². The van der Waals surface area contributed by atoms with Crippen LogP contribution in [0.5, 0.6) is 0 Å². The molecule has 0 saturated carbocycles. The van der Waals surface area contributed by atoms with Crippen molar-refractivity contribution in [1.82, 2.24) is 4.90 Å². The molecule has 1 unspecified atom stereocenters. The van der Waals surface area contributed by atoms with Gasteiger partial charge in [0.25, 0.3) is 0 Å². The van der Waals surface area contributed by atoms with Gasteiger partial charge in [-0.3, -0.25) is 0 Å². The Morgan fingerprint density at radius 2 is 2.58 bits per heavy atom. The van der Waals surface area contributed by atoms with E-state index >= 15 is 0 Å². The number of carbonyl (C=O) groups is 1. The van der Waals surface area contributed by atoms with E-state index in [1.165, 1.54) is 0 Å². The molecule has 0 spiro atoms. The first-order chi connectivity index (χ1) is 5.70. The van der Waals surface area contributed by atoms with Crippen LogP contribution < -0.4 is 0 Å². The van der Waals surface area contributed by atoms with Gasteiger partial charge in [0.2, 0.25) is 0 Å². The molecule has 0 bridgehead atoms. The highest BCUT2D eigenvalue weighted by atomic mass is 35.5. The molecule has 67 valence electrons. The Balaban J connectivity index is 2.36. The zero-order valence-corrected chi connectivity index (χ0v) is 7.67. The molecule has 0 fully saturated rings. The molecule has 0 saturated heterocycles. The first-order valence-electron chi connectivity index (χ1n) is 3.85. The van der Waals surface area contributed by atoms with Gasteiger partial charge < -0.3 is 9.64 Å². The van der Waals surface area contributed by atoms with Crippen molar-refractivity contribution in [1.29, 1.82) is 0 Å². The van der Waals surface area contributed by atoms with Crippen molar-refractivity contribution in [2.75, 3.05) is 13.1 Å². The zero-order valence-electron chi connectivity index (χ0n) is 6.92. The highest BCUT2D eigenvalue weighted by molar-refractivity contribution is 6.19.